The molecule has 0 amide bonds. The lowest BCUT2D eigenvalue weighted by Crippen LogP contribution is -2.45. The van der Waals surface area contributed by atoms with E-state index < -0.39 is 0 Å². The Kier molecular flexibility index (Phi) is 26.5. The van der Waals surface area contributed by atoms with Crippen molar-refractivity contribution >= 4 is 0 Å². The number of rotatable bonds is 3. The number of allylic oxidation sites excluding steroid dienone is 8. The van der Waals surface area contributed by atoms with Crippen molar-refractivity contribution in [2.24, 2.45) is 0 Å². The quantitative estimate of drug-likeness (QED) is 0.283. The Morgan fingerprint density at radius 2 is 1.00 bits per heavy atom. The van der Waals surface area contributed by atoms with Gasteiger partial charge in [-0.25, -0.2) is 0 Å². The minimum atomic E-state index is -0.333. The molecule has 2 aliphatic rings. The lowest BCUT2D eigenvalue weighted by atomic mass is 9.97. The molecule has 1 unspecified atom stereocenters. The topological polar surface area (TPSA) is 24.9 Å². The lowest BCUT2D eigenvalue weighted by molar-refractivity contribution is -0.301. The third-order valence-electron chi connectivity index (χ3n) is 9.97. The van der Waals surface area contributed by atoms with Gasteiger partial charge in [-0.15, -0.1) is 0 Å². The maximum Gasteiger partial charge on any atom is 0.168 e. The predicted octanol–water partition coefficient (Wildman–Crippen LogP) is 12.0. The minimum absolute atomic E-state index is 0.333. The maximum absolute atomic E-state index is 6.80. The molecule has 47 heavy (non-hydrogen) atoms. The number of hydrogen-bond donors (Lipinski definition) is 0. The van der Waals surface area contributed by atoms with Crippen LogP contribution in [0, 0.1) is 0 Å². The van der Waals surface area contributed by atoms with Crippen LogP contribution in [-0.2, 0) is 9.47 Å². The van der Waals surface area contributed by atoms with E-state index in [1.165, 1.54) is 142 Å². The first kappa shape index (κ1) is 42.0. The molecule has 4 heteroatoms. The van der Waals surface area contributed by atoms with E-state index >= 15 is 0 Å². The van der Waals surface area contributed by atoms with Crippen LogP contribution in [0.3, 0.4) is 0 Å². The first-order valence-corrected chi connectivity index (χ1v) is 20.3. The Hall–Kier alpha value is -1.20. The molecule has 272 valence electrons. The van der Waals surface area contributed by atoms with Crippen molar-refractivity contribution in [1.82, 2.24) is 9.80 Å². The Balaban J connectivity index is 1.76. The van der Waals surface area contributed by atoms with Gasteiger partial charge in [-0.1, -0.05) is 100.0 Å². The van der Waals surface area contributed by atoms with Crippen LogP contribution in [-0.4, -0.2) is 69.1 Å². The fourth-order valence-electron chi connectivity index (χ4n) is 6.91. The van der Waals surface area contributed by atoms with Gasteiger partial charge in [0.15, 0.2) is 5.79 Å². The Bertz CT molecular complexity index is 767. The zero-order chi connectivity index (χ0) is 33.5. The highest BCUT2D eigenvalue weighted by Crippen LogP contribution is 2.35. The Morgan fingerprint density at radius 3 is 1.47 bits per heavy atom. The molecule has 0 saturated carbocycles. The van der Waals surface area contributed by atoms with E-state index in [-0.39, 0.29) is 5.79 Å². The van der Waals surface area contributed by atoms with Crippen molar-refractivity contribution in [2.75, 3.05) is 47.4 Å². The average molecular weight is 655 g/mol. The van der Waals surface area contributed by atoms with Crippen LogP contribution < -0.4 is 0 Å². The Labute approximate surface area is 293 Å². The van der Waals surface area contributed by atoms with Crippen LogP contribution in [0.25, 0.3) is 0 Å². The van der Waals surface area contributed by atoms with Gasteiger partial charge in [-0.2, -0.15) is 0 Å². The monoisotopic (exact) mass is 655 g/mol. The van der Waals surface area contributed by atoms with E-state index in [9.17, 15) is 0 Å². The van der Waals surface area contributed by atoms with Gasteiger partial charge in [0.25, 0.3) is 0 Å². The van der Waals surface area contributed by atoms with Crippen molar-refractivity contribution < 1.29 is 9.47 Å². The van der Waals surface area contributed by atoms with Gasteiger partial charge < -0.3 is 19.3 Å². The van der Waals surface area contributed by atoms with E-state index in [1.54, 1.807) is 0 Å². The average Bonchev–Trinajstić information content (AvgIpc) is 3.06. The number of hydrogen-bond acceptors (Lipinski definition) is 4. The van der Waals surface area contributed by atoms with Crippen molar-refractivity contribution in [3.8, 4) is 0 Å². The normalized spacial score (nSPS) is 26.9. The van der Waals surface area contributed by atoms with Gasteiger partial charge in [-0.05, 0) is 144 Å². The zero-order valence-corrected chi connectivity index (χ0v) is 31.6. The summed E-state index contributed by atoms with van der Waals surface area (Å²) in [6.45, 7) is 4.42. The van der Waals surface area contributed by atoms with Crippen LogP contribution >= 0.6 is 0 Å². The summed E-state index contributed by atoms with van der Waals surface area (Å²) < 4.78 is 13.3. The smallest absolute Gasteiger partial charge is 0.168 e. The highest BCUT2D eigenvalue weighted by molar-refractivity contribution is 4.93. The molecule has 1 saturated heterocycles. The molecule has 1 spiro atoms. The van der Waals surface area contributed by atoms with Gasteiger partial charge in [0.1, 0.15) is 0 Å². The van der Waals surface area contributed by atoms with E-state index in [0.717, 1.165) is 51.7 Å². The van der Waals surface area contributed by atoms with E-state index in [4.69, 9.17) is 9.47 Å². The van der Waals surface area contributed by atoms with Crippen molar-refractivity contribution in [3.63, 3.8) is 0 Å². The molecule has 2 rings (SSSR count). The molecule has 0 aromatic heterocycles. The largest absolute Gasteiger partial charge is 0.350 e. The SMILES string of the molecule is CN(C)CCC1CCOC2(CCCCCCCCC=CCC=CCCCCN(C)CCCCC=CCC=CCCCCCCCC2)O1. The van der Waals surface area contributed by atoms with Gasteiger partial charge in [0.05, 0.1) is 12.7 Å². The van der Waals surface area contributed by atoms with Gasteiger partial charge >= 0.3 is 0 Å². The van der Waals surface area contributed by atoms with Crippen molar-refractivity contribution in [2.45, 2.75) is 179 Å². The molecule has 2 aliphatic heterocycles. The molecule has 2 heterocycles. The summed E-state index contributed by atoms with van der Waals surface area (Å²) in [6, 6.07) is 0. The number of nitrogens with zero attached hydrogens (tertiary/aromatic N) is 2. The second-order valence-corrected chi connectivity index (χ2v) is 14.9. The standard InChI is InChI=1S/C43H78N2O2/c1-44(2)40-34-42-35-41-46-43(47-42)36-30-26-22-18-14-10-6-4-8-12-16-20-24-28-32-38-45(3)39-33-29-25-21-17-13-9-5-7-11-15-19-23-27-31-37-43/h4-5,8-9,16-17,20-21,42H,6-7,10-15,18-19,22-41H2,1-3H3. The molecule has 1 atom stereocenters. The van der Waals surface area contributed by atoms with E-state index in [0.29, 0.717) is 6.10 Å². The molecular weight excluding hydrogens is 576 g/mol. The van der Waals surface area contributed by atoms with Gasteiger partial charge in [-0.3, -0.25) is 0 Å². The predicted molar refractivity (Wildman–Crippen MR) is 206 cm³/mol. The maximum atomic E-state index is 6.80. The summed E-state index contributed by atoms with van der Waals surface area (Å²) in [5, 5.41) is 0. The van der Waals surface area contributed by atoms with Crippen LogP contribution in [0.5, 0.6) is 0 Å². The summed E-state index contributed by atoms with van der Waals surface area (Å²) >= 11 is 0. The minimum Gasteiger partial charge on any atom is -0.350 e. The first-order valence-electron chi connectivity index (χ1n) is 20.3. The molecule has 1 fully saturated rings. The van der Waals surface area contributed by atoms with Gasteiger partial charge in [0, 0.05) is 12.8 Å². The molecule has 0 N–H and O–H groups in total. The summed E-state index contributed by atoms with van der Waals surface area (Å²) in [5.41, 5.74) is 0. The van der Waals surface area contributed by atoms with E-state index in [2.05, 4.69) is 79.6 Å². The first-order chi connectivity index (χ1) is 23.1. The van der Waals surface area contributed by atoms with Crippen molar-refractivity contribution in [3.05, 3.63) is 48.6 Å². The summed E-state index contributed by atoms with van der Waals surface area (Å²) in [5.74, 6) is -0.333. The molecule has 0 aliphatic carbocycles. The molecule has 0 aromatic rings. The molecule has 0 bridgehead atoms. The fraction of sp³-hybridized carbons (Fsp3) is 0.814. The molecular formula is C43H78N2O2. The number of ether oxygens (including phenoxy) is 2. The molecule has 0 radical (unpaired) electrons. The van der Waals surface area contributed by atoms with Crippen LogP contribution in [0.2, 0.25) is 0 Å². The molecule has 0 aromatic carbocycles. The van der Waals surface area contributed by atoms with Crippen LogP contribution in [0.1, 0.15) is 167 Å². The van der Waals surface area contributed by atoms with Gasteiger partial charge in [0.2, 0.25) is 0 Å². The van der Waals surface area contributed by atoms with Crippen molar-refractivity contribution in [1.29, 1.82) is 0 Å². The van der Waals surface area contributed by atoms with Crippen LogP contribution in [0.4, 0.5) is 0 Å². The second-order valence-electron chi connectivity index (χ2n) is 14.9. The molecule has 4 nitrogen and oxygen atoms in total. The fourth-order valence-corrected chi connectivity index (χ4v) is 6.91. The summed E-state index contributed by atoms with van der Waals surface area (Å²) in [7, 11) is 6.62. The van der Waals surface area contributed by atoms with Crippen LogP contribution in [0.15, 0.2) is 48.6 Å². The second kappa shape index (κ2) is 29.7. The Morgan fingerprint density at radius 1 is 0.574 bits per heavy atom. The third kappa shape index (κ3) is 24.6. The summed E-state index contributed by atoms with van der Waals surface area (Å²) in [4.78, 5) is 4.80. The third-order valence-corrected chi connectivity index (χ3v) is 9.97. The zero-order valence-electron chi connectivity index (χ0n) is 31.6. The van der Waals surface area contributed by atoms with E-state index in [1.807, 2.05) is 0 Å². The lowest BCUT2D eigenvalue weighted by Gasteiger charge is -2.42. The highest BCUT2D eigenvalue weighted by atomic mass is 16.7. The summed E-state index contributed by atoms with van der Waals surface area (Å²) in [6.07, 6.45) is 51.8. The highest BCUT2D eigenvalue weighted by Gasteiger charge is 2.37.